The number of benzene rings is 1. The lowest BCUT2D eigenvalue weighted by Gasteiger charge is -2.40. The van der Waals surface area contributed by atoms with E-state index in [-0.39, 0.29) is 27.1 Å². The molecule has 0 heterocycles. The Morgan fingerprint density at radius 1 is 1.47 bits per heavy atom. The highest BCUT2D eigenvalue weighted by atomic mass is 35.5. The van der Waals surface area contributed by atoms with Crippen LogP contribution in [-0.4, -0.2) is 25.2 Å². The molecule has 0 spiro atoms. The van der Waals surface area contributed by atoms with Gasteiger partial charge in [0.05, 0.1) is 21.2 Å². The summed E-state index contributed by atoms with van der Waals surface area (Å²) in [5.41, 5.74) is 6.13. The largest absolute Gasteiger partial charge is 0.399 e. The molecule has 0 aromatic heterocycles. The zero-order chi connectivity index (χ0) is 14.0. The molecule has 1 fully saturated rings. The molecule has 1 aromatic carbocycles. The number of hydrogen-bond acceptors (Lipinski definition) is 3. The van der Waals surface area contributed by atoms with Gasteiger partial charge in [-0.1, -0.05) is 23.2 Å². The SMILES string of the molecule is COC1(CNC(=O)c2cc(N)cc(Cl)c2Cl)CCC1. The smallest absolute Gasteiger partial charge is 0.253 e. The van der Waals surface area contributed by atoms with Crippen molar-refractivity contribution in [2.24, 2.45) is 0 Å². The van der Waals surface area contributed by atoms with E-state index in [1.807, 2.05) is 0 Å². The Hall–Kier alpha value is -0.970. The maximum atomic E-state index is 12.1. The minimum atomic E-state index is -0.289. The lowest BCUT2D eigenvalue weighted by molar-refractivity contribution is -0.0679. The number of halogens is 2. The van der Waals surface area contributed by atoms with Crippen molar-refractivity contribution >= 4 is 34.8 Å². The predicted octanol–water partition coefficient (Wildman–Crippen LogP) is 2.87. The monoisotopic (exact) mass is 302 g/mol. The van der Waals surface area contributed by atoms with Crippen LogP contribution < -0.4 is 11.1 Å². The molecule has 0 bridgehead atoms. The average molecular weight is 303 g/mol. The third-order valence-corrected chi connectivity index (χ3v) is 4.37. The molecule has 0 atom stereocenters. The molecule has 19 heavy (non-hydrogen) atoms. The minimum Gasteiger partial charge on any atom is -0.399 e. The van der Waals surface area contributed by atoms with Gasteiger partial charge in [0.15, 0.2) is 0 Å². The van der Waals surface area contributed by atoms with E-state index in [4.69, 9.17) is 33.7 Å². The van der Waals surface area contributed by atoms with Gasteiger partial charge in [-0.3, -0.25) is 4.79 Å². The highest BCUT2D eigenvalue weighted by Gasteiger charge is 2.37. The fourth-order valence-corrected chi connectivity index (χ4v) is 2.56. The van der Waals surface area contributed by atoms with Gasteiger partial charge in [-0.15, -0.1) is 0 Å². The van der Waals surface area contributed by atoms with E-state index in [1.54, 1.807) is 7.11 Å². The van der Waals surface area contributed by atoms with Crippen LogP contribution in [0, 0.1) is 0 Å². The molecule has 1 amide bonds. The second-order valence-corrected chi connectivity index (χ2v) is 5.57. The lowest BCUT2D eigenvalue weighted by Crippen LogP contribution is -2.49. The molecular formula is C13H16Cl2N2O2. The molecule has 0 unspecified atom stereocenters. The molecule has 2 rings (SSSR count). The minimum absolute atomic E-state index is 0.216. The van der Waals surface area contributed by atoms with Gasteiger partial charge in [0.1, 0.15) is 0 Å². The van der Waals surface area contributed by atoms with E-state index in [9.17, 15) is 4.79 Å². The van der Waals surface area contributed by atoms with Crippen LogP contribution in [0.5, 0.6) is 0 Å². The van der Waals surface area contributed by atoms with Gasteiger partial charge < -0.3 is 15.8 Å². The van der Waals surface area contributed by atoms with Crippen molar-refractivity contribution in [2.75, 3.05) is 19.4 Å². The summed E-state index contributed by atoms with van der Waals surface area (Å²) in [6.07, 6.45) is 3.03. The Balaban J connectivity index is 2.08. The lowest BCUT2D eigenvalue weighted by atomic mass is 9.80. The van der Waals surface area contributed by atoms with Gasteiger partial charge in [0, 0.05) is 19.3 Å². The Labute approximate surface area is 122 Å². The molecule has 1 aliphatic carbocycles. The number of carbonyl (C=O) groups is 1. The van der Waals surface area contributed by atoms with Crippen LogP contribution in [-0.2, 0) is 4.74 Å². The van der Waals surface area contributed by atoms with Gasteiger partial charge in [-0.2, -0.15) is 0 Å². The van der Waals surface area contributed by atoms with E-state index < -0.39 is 0 Å². The number of rotatable bonds is 4. The molecule has 1 aliphatic rings. The fourth-order valence-electron chi connectivity index (χ4n) is 2.14. The number of methoxy groups -OCH3 is 1. The number of nitrogens with one attached hydrogen (secondary N) is 1. The van der Waals surface area contributed by atoms with Gasteiger partial charge in [-0.25, -0.2) is 0 Å². The third kappa shape index (κ3) is 2.96. The number of hydrogen-bond donors (Lipinski definition) is 2. The number of carbonyl (C=O) groups excluding carboxylic acids is 1. The quantitative estimate of drug-likeness (QED) is 0.841. The summed E-state index contributed by atoms with van der Waals surface area (Å²) >= 11 is 11.9. The van der Waals surface area contributed by atoms with Crippen molar-refractivity contribution in [1.29, 1.82) is 0 Å². The van der Waals surface area contributed by atoms with E-state index >= 15 is 0 Å². The molecule has 4 nitrogen and oxygen atoms in total. The maximum Gasteiger partial charge on any atom is 0.253 e. The van der Waals surface area contributed by atoms with Crippen molar-refractivity contribution in [3.63, 3.8) is 0 Å². The third-order valence-electron chi connectivity index (χ3n) is 3.56. The number of amides is 1. The first kappa shape index (κ1) is 14.4. The highest BCUT2D eigenvalue weighted by molar-refractivity contribution is 6.44. The average Bonchev–Trinajstić information content (AvgIpc) is 2.32. The van der Waals surface area contributed by atoms with Crippen molar-refractivity contribution in [1.82, 2.24) is 5.32 Å². The highest BCUT2D eigenvalue weighted by Crippen LogP contribution is 2.34. The van der Waals surface area contributed by atoms with Gasteiger partial charge >= 0.3 is 0 Å². The number of nitrogen functional groups attached to an aromatic ring is 1. The summed E-state index contributed by atoms with van der Waals surface area (Å²) in [7, 11) is 1.66. The molecule has 1 saturated carbocycles. The molecular weight excluding hydrogens is 287 g/mol. The summed E-state index contributed by atoms with van der Waals surface area (Å²) in [6, 6.07) is 3.03. The standard InChI is InChI=1S/C13H16Cl2N2O2/c1-19-13(3-2-4-13)7-17-12(18)9-5-8(16)6-10(14)11(9)15/h5-6H,2-4,7,16H2,1H3,(H,17,18). The fraction of sp³-hybridized carbons (Fsp3) is 0.462. The molecule has 0 radical (unpaired) electrons. The summed E-state index contributed by atoms with van der Waals surface area (Å²) in [5, 5.41) is 3.32. The van der Waals surface area contributed by atoms with E-state index in [0.29, 0.717) is 12.2 Å². The second kappa shape index (κ2) is 5.57. The predicted molar refractivity (Wildman–Crippen MR) is 76.8 cm³/mol. The molecule has 3 N–H and O–H groups in total. The van der Waals surface area contributed by atoms with Gasteiger partial charge in [0.2, 0.25) is 0 Å². The Morgan fingerprint density at radius 3 is 2.68 bits per heavy atom. The zero-order valence-corrected chi connectivity index (χ0v) is 12.1. The zero-order valence-electron chi connectivity index (χ0n) is 10.6. The van der Waals surface area contributed by atoms with Crippen LogP contribution in [0.3, 0.4) is 0 Å². The number of ether oxygens (including phenoxy) is 1. The van der Waals surface area contributed by atoms with Crippen molar-refractivity contribution in [3.05, 3.63) is 27.7 Å². The van der Waals surface area contributed by atoms with Crippen LogP contribution >= 0.6 is 23.2 Å². The molecule has 0 aliphatic heterocycles. The summed E-state index contributed by atoms with van der Waals surface area (Å²) in [4.78, 5) is 12.1. The Kier molecular flexibility index (Phi) is 4.23. The summed E-state index contributed by atoms with van der Waals surface area (Å²) in [5.74, 6) is -0.289. The number of anilines is 1. The molecule has 1 aromatic rings. The first-order chi connectivity index (χ1) is 8.97. The summed E-state index contributed by atoms with van der Waals surface area (Å²) < 4.78 is 5.44. The topological polar surface area (TPSA) is 64.3 Å². The molecule has 6 heteroatoms. The van der Waals surface area contributed by atoms with Crippen molar-refractivity contribution in [2.45, 2.75) is 24.9 Å². The van der Waals surface area contributed by atoms with Crippen molar-refractivity contribution < 1.29 is 9.53 Å². The Bertz CT molecular complexity index is 496. The second-order valence-electron chi connectivity index (χ2n) is 4.79. The van der Waals surface area contributed by atoms with Crippen LogP contribution in [0.25, 0.3) is 0 Å². The normalized spacial score (nSPS) is 16.8. The van der Waals surface area contributed by atoms with E-state index in [1.165, 1.54) is 12.1 Å². The van der Waals surface area contributed by atoms with E-state index in [2.05, 4.69) is 5.32 Å². The summed E-state index contributed by atoms with van der Waals surface area (Å²) in [6.45, 7) is 0.463. The van der Waals surface area contributed by atoms with Crippen LogP contribution in [0.15, 0.2) is 12.1 Å². The first-order valence-electron chi connectivity index (χ1n) is 6.05. The molecule has 0 saturated heterocycles. The molecule has 104 valence electrons. The van der Waals surface area contributed by atoms with Crippen LogP contribution in [0.1, 0.15) is 29.6 Å². The van der Waals surface area contributed by atoms with Crippen LogP contribution in [0.2, 0.25) is 10.0 Å². The maximum absolute atomic E-state index is 12.1. The van der Waals surface area contributed by atoms with Crippen molar-refractivity contribution in [3.8, 4) is 0 Å². The first-order valence-corrected chi connectivity index (χ1v) is 6.81. The van der Waals surface area contributed by atoms with Crippen LogP contribution in [0.4, 0.5) is 5.69 Å². The van der Waals surface area contributed by atoms with Gasteiger partial charge in [-0.05, 0) is 31.4 Å². The number of nitrogens with two attached hydrogens (primary N) is 1. The van der Waals surface area contributed by atoms with E-state index in [0.717, 1.165) is 19.3 Å². The Morgan fingerprint density at radius 2 is 2.16 bits per heavy atom. The van der Waals surface area contributed by atoms with Gasteiger partial charge in [0.25, 0.3) is 5.91 Å².